The van der Waals surface area contributed by atoms with E-state index in [-0.39, 0.29) is 5.82 Å². The number of nitrogens with zero attached hydrogens (tertiary/aromatic N) is 4. The fraction of sp³-hybridized carbons (Fsp3) is 0.348. The van der Waals surface area contributed by atoms with Crippen LogP contribution >= 0.6 is 0 Å². The average molecular weight is 378 g/mol. The van der Waals surface area contributed by atoms with Crippen molar-refractivity contribution in [3.05, 3.63) is 77.7 Å². The van der Waals surface area contributed by atoms with Gasteiger partial charge in [-0.25, -0.2) is 4.39 Å². The van der Waals surface area contributed by atoms with Crippen LogP contribution in [0, 0.1) is 5.82 Å². The minimum atomic E-state index is -0.154. The molecule has 4 rings (SSSR count). The molecule has 0 aliphatic carbocycles. The fourth-order valence-electron chi connectivity index (χ4n) is 3.97. The third kappa shape index (κ3) is 4.66. The second-order valence-corrected chi connectivity index (χ2v) is 7.58. The largest absolute Gasteiger partial charge is 0.298 e. The van der Waals surface area contributed by atoms with Crippen molar-refractivity contribution < 1.29 is 4.39 Å². The van der Waals surface area contributed by atoms with Crippen LogP contribution in [-0.2, 0) is 20.1 Å². The second kappa shape index (κ2) is 8.67. The lowest BCUT2D eigenvalue weighted by molar-refractivity contribution is 0.247. The van der Waals surface area contributed by atoms with Gasteiger partial charge < -0.3 is 0 Å². The molecule has 28 heavy (non-hydrogen) atoms. The van der Waals surface area contributed by atoms with Crippen molar-refractivity contribution in [2.24, 2.45) is 7.05 Å². The molecule has 0 N–H and O–H groups in total. The number of aromatic nitrogens is 2. The first kappa shape index (κ1) is 18.8. The summed E-state index contributed by atoms with van der Waals surface area (Å²) in [5.41, 5.74) is 4.56. The molecule has 0 saturated carbocycles. The highest BCUT2D eigenvalue weighted by atomic mass is 19.1. The van der Waals surface area contributed by atoms with E-state index in [1.54, 1.807) is 12.1 Å². The van der Waals surface area contributed by atoms with Crippen LogP contribution in [-0.4, -0.2) is 45.8 Å². The van der Waals surface area contributed by atoms with Gasteiger partial charge in [0.1, 0.15) is 5.82 Å². The molecule has 1 fully saturated rings. The van der Waals surface area contributed by atoms with E-state index in [0.29, 0.717) is 0 Å². The second-order valence-electron chi connectivity index (χ2n) is 7.58. The summed E-state index contributed by atoms with van der Waals surface area (Å²) in [6, 6.07) is 17.3. The van der Waals surface area contributed by atoms with E-state index in [1.807, 2.05) is 23.9 Å². The Morgan fingerprint density at radius 2 is 1.64 bits per heavy atom. The Hall–Kier alpha value is -2.50. The summed E-state index contributed by atoms with van der Waals surface area (Å²) in [7, 11) is 1.99. The molecule has 5 heteroatoms. The van der Waals surface area contributed by atoms with Crippen LogP contribution in [0.5, 0.6) is 0 Å². The maximum atomic E-state index is 13.5. The lowest BCUT2D eigenvalue weighted by atomic mass is 10.1. The number of hydrogen-bond acceptors (Lipinski definition) is 3. The van der Waals surface area contributed by atoms with E-state index >= 15 is 0 Å². The highest BCUT2D eigenvalue weighted by Crippen LogP contribution is 2.23. The zero-order chi connectivity index (χ0) is 19.3. The number of aryl methyl sites for hydroxylation is 1. The highest BCUT2D eigenvalue weighted by Gasteiger charge is 2.18. The topological polar surface area (TPSA) is 24.3 Å². The highest BCUT2D eigenvalue weighted by molar-refractivity contribution is 5.62. The SMILES string of the molecule is Cn1cc(CN2CCCN(Cc3cccc(F)c3)CC2)c(-c2ccccc2)n1. The first-order chi connectivity index (χ1) is 13.7. The Balaban J connectivity index is 1.40. The summed E-state index contributed by atoms with van der Waals surface area (Å²) in [6.45, 7) is 5.85. The van der Waals surface area contributed by atoms with Crippen molar-refractivity contribution in [2.75, 3.05) is 26.2 Å². The van der Waals surface area contributed by atoms with Gasteiger partial charge in [0.05, 0.1) is 5.69 Å². The van der Waals surface area contributed by atoms with Gasteiger partial charge in [-0.15, -0.1) is 0 Å². The molecule has 1 aliphatic heterocycles. The van der Waals surface area contributed by atoms with Crippen LogP contribution in [0.3, 0.4) is 0 Å². The number of hydrogen-bond donors (Lipinski definition) is 0. The molecule has 0 spiro atoms. The molecule has 146 valence electrons. The van der Waals surface area contributed by atoms with Crippen molar-refractivity contribution in [3.8, 4) is 11.3 Å². The van der Waals surface area contributed by atoms with Gasteiger partial charge >= 0.3 is 0 Å². The van der Waals surface area contributed by atoms with Gasteiger partial charge in [0.15, 0.2) is 0 Å². The zero-order valence-electron chi connectivity index (χ0n) is 16.4. The fourth-order valence-corrected chi connectivity index (χ4v) is 3.97. The quantitative estimate of drug-likeness (QED) is 0.672. The smallest absolute Gasteiger partial charge is 0.123 e. The molecule has 0 radical (unpaired) electrons. The summed E-state index contributed by atoms with van der Waals surface area (Å²) in [5, 5.41) is 4.69. The van der Waals surface area contributed by atoms with E-state index in [9.17, 15) is 4.39 Å². The van der Waals surface area contributed by atoms with Gasteiger partial charge in [-0.3, -0.25) is 14.5 Å². The lowest BCUT2D eigenvalue weighted by Gasteiger charge is -2.22. The van der Waals surface area contributed by atoms with Crippen LogP contribution in [0.4, 0.5) is 4.39 Å². The molecule has 1 saturated heterocycles. The number of rotatable bonds is 5. The average Bonchev–Trinajstić information content (AvgIpc) is 2.91. The molecule has 0 bridgehead atoms. The van der Waals surface area contributed by atoms with Gasteiger partial charge in [-0.05, 0) is 37.2 Å². The summed E-state index contributed by atoms with van der Waals surface area (Å²) >= 11 is 0. The molecule has 2 aromatic carbocycles. The van der Waals surface area contributed by atoms with Crippen molar-refractivity contribution in [1.29, 1.82) is 0 Å². The number of benzene rings is 2. The van der Waals surface area contributed by atoms with Crippen molar-refractivity contribution in [2.45, 2.75) is 19.5 Å². The molecule has 3 aromatic rings. The molecule has 0 unspecified atom stereocenters. The van der Waals surface area contributed by atoms with Gasteiger partial charge in [0, 0.05) is 50.6 Å². The van der Waals surface area contributed by atoms with E-state index in [1.165, 1.54) is 17.2 Å². The minimum Gasteiger partial charge on any atom is -0.298 e. The molecule has 0 amide bonds. The van der Waals surface area contributed by atoms with Gasteiger partial charge in [-0.1, -0.05) is 42.5 Å². The first-order valence-electron chi connectivity index (χ1n) is 9.94. The van der Waals surface area contributed by atoms with Crippen LogP contribution < -0.4 is 0 Å². The van der Waals surface area contributed by atoms with E-state index < -0.39 is 0 Å². The van der Waals surface area contributed by atoms with Crippen LogP contribution in [0.25, 0.3) is 11.3 Å². The minimum absolute atomic E-state index is 0.154. The van der Waals surface area contributed by atoms with E-state index in [0.717, 1.165) is 56.9 Å². The summed E-state index contributed by atoms with van der Waals surface area (Å²) in [4.78, 5) is 4.94. The number of halogens is 1. The predicted molar refractivity (Wildman–Crippen MR) is 110 cm³/mol. The van der Waals surface area contributed by atoms with E-state index in [4.69, 9.17) is 5.10 Å². The van der Waals surface area contributed by atoms with Crippen LogP contribution in [0.2, 0.25) is 0 Å². The van der Waals surface area contributed by atoms with Crippen molar-refractivity contribution >= 4 is 0 Å². The van der Waals surface area contributed by atoms with Crippen LogP contribution in [0.1, 0.15) is 17.5 Å². The molecular weight excluding hydrogens is 351 g/mol. The van der Waals surface area contributed by atoms with Gasteiger partial charge in [-0.2, -0.15) is 5.10 Å². The maximum Gasteiger partial charge on any atom is 0.123 e. The third-order valence-electron chi connectivity index (χ3n) is 5.32. The predicted octanol–water partition coefficient (Wildman–Crippen LogP) is 3.93. The summed E-state index contributed by atoms with van der Waals surface area (Å²) in [6.07, 6.45) is 3.26. The van der Waals surface area contributed by atoms with Gasteiger partial charge in [0.25, 0.3) is 0 Å². The Kier molecular flexibility index (Phi) is 5.84. The van der Waals surface area contributed by atoms with Gasteiger partial charge in [0.2, 0.25) is 0 Å². The summed E-state index contributed by atoms with van der Waals surface area (Å²) < 4.78 is 15.4. The maximum absolute atomic E-state index is 13.5. The van der Waals surface area contributed by atoms with Crippen molar-refractivity contribution in [3.63, 3.8) is 0 Å². The van der Waals surface area contributed by atoms with Crippen LogP contribution in [0.15, 0.2) is 60.8 Å². The third-order valence-corrected chi connectivity index (χ3v) is 5.32. The molecular formula is C23H27FN4. The Morgan fingerprint density at radius 1 is 0.893 bits per heavy atom. The van der Waals surface area contributed by atoms with Crippen molar-refractivity contribution in [1.82, 2.24) is 19.6 Å². The van der Waals surface area contributed by atoms with E-state index in [2.05, 4.69) is 40.3 Å². The monoisotopic (exact) mass is 378 g/mol. The molecule has 0 atom stereocenters. The Bertz CT molecular complexity index is 906. The molecule has 4 nitrogen and oxygen atoms in total. The standard InChI is InChI=1S/C23H27FN4/c1-26-17-21(23(25-26)20-8-3-2-4-9-20)18-28-12-6-11-27(13-14-28)16-19-7-5-10-22(24)15-19/h2-5,7-10,15,17H,6,11-14,16,18H2,1H3. The molecule has 1 aromatic heterocycles. The zero-order valence-corrected chi connectivity index (χ0v) is 16.4. The Morgan fingerprint density at radius 3 is 2.39 bits per heavy atom. The first-order valence-corrected chi connectivity index (χ1v) is 9.94. The molecule has 1 aliphatic rings. The molecule has 2 heterocycles. The summed E-state index contributed by atoms with van der Waals surface area (Å²) in [5.74, 6) is -0.154. The lowest BCUT2D eigenvalue weighted by Crippen LogP contribution is -2.30. The Labute approximate surface area is 166 Å². The normalized spacial score (nSPS) is 16.2.